The molecule has 8 heteroatoms. The summed E-state index contributed by atoms with van der Waals surface area (Å²) in [5.41, 5.74) is 3.25. The highest BCUT2D eigenvalue weighted by Crippen LogP contribution is 2.15. The number of carbonyl (C=O) groups excluding carboxylic acids is 1. The van der Waals surface area contributed by atoms with Crippen LogP contribution in [-0.4, -0.2) is 26.0 Å². The average molecular weight is 320 g/mol. The van der Waals surface area contributed by atoms with Crippen molar-refractivity contribution in [3.05, 3.63) is 28.7 Å². The summed E-state index contributed by atoms with van der Waals surface area (Å²) in [6.45, 7) is 8.12. The zero-order valence-electron chi connectivity index (χ0n) is 14.3. The smallest absolute Gasteiger partial charge is 0.315 e. The van der Waals surface area contributed by atoms with Crippen molar-refractivity contribution < 1.29 is 9.32 Å². The molecule has 2 N–H and O–H groups in total. The van der Waals surface area contributed by atoms with Crippen LogP contribution in [0.2, 0.25) is 0 Å². The van der Waals surface area contributed by atoms with Gasteiger partial charge in [-0.25, -0.2) is 4.79 Å². The number of hydrogen-bond donors (Lipinski definition) is 2. The van der Waals surface area contributed by atoms with E-state index >= 15 is 0 Å². The lowest BCUT2D eigenvalue weighted by molar-refractivity contribution is 0.233. The van der Waals surface area contributed by atoms with Crippen molar-refractivity contribution in [3.8, 4) is 0 Å². The first-order valence-electron chi connectivity index (χ1n) is 7.84. The molecule has 0 unspecified atom stereocenters. The number of hydrogen-bond acceptors (Lipinski definition) is 5. The van der Waals surface area contributed by atoms with Crippen LogP contribution < -0.4 is 10.6 Å². The van der Waals surface area contributed by atoms with Gasteiger partial charge in [0.25, 0.3) is 0 Å². The molecule has 126 valence electrons. The Morgan fingerprint density at radius 1 is 1.35 bits per heavy atom. The first-order chi connectivity index (χ1) is 11.0. The van der Waals surface area contributed by atoms with Crippen LogP contribution in [0.3, 0.4) is 0 Å². The minimum atomic E-state index is -0.346. The second-order valence-electron chi connectivity index (χ2n) is 5.43. The molecular weight excluding hydrogens is 296 g/mol. The van der Waals surface area contributed by atoms with E-state index in [4.69, 9.17) is 4.52 Å². The van der Waals surface area contributed by atoms with Crippen LogP contribution in [0.5, 0.6) is 0 Å². The molecule has 0 saturated heterocycles. The van der Waals surface area contributed by atoms with E-state index in [0.717, 1.165) is 29.8 Å². The summed E-state index contributed by atoms with van der Waals surface area (Å²) in [6.07, 6.45) is 1.71. The number of aryl methyl sites for hydroxylation is 3. The molecule has 0 aliphatic heterocycles. The Morgan fingerprint density at radius 3 is 2.65 bits per heavy atom. The van der Waals surface area contributed by atoms with Crippen LogP contribution in [0.15, 0.2) is 4.52 Å². The Hall–Kier alpha value is -2.38. The molecular formula is C15H24N6O2. The largest absolute Gasteiger partial charge is 0.337 e. The number of carbonyl (C=O) groups is 1. The molecule has 2 heterocycles. The van der Waals surface area contributed by atoms with Gasteiger partial charge in [-0.2, -0.15) is 10.1 Å². The Labute approximate surface area is 135 Å². The summed E-state index contributed by atoms with van der Waals surface area (Å²) >= 11 is 0. The fraction of sp³-hybridized carbons (Fsp3) is 0.600. The summed E-state index contributed by atoms with van der Waals surface area (Å²) in [5, 5.41) is 13.9. The third kappa shape index (κ3) is 3.88. The van der Waals surface area contributed by atoms with Crippen molar-refractivity contribution in [3.63, 3.8) is 0 Å². The Balaban J connectivity index is 1.97. The zero-order chi connectivity index (χ0) is 17.0. The molecule has 0 saturated carbocycles. The van der Waals surface area contributed by atoms with E-state index in [9.17, 15) is 4.79 Å². The van der Waals surface area contributed by atoms with Crippen molar-refractivity contribution in [2.75, 3.05) is 0 Å². The highest BCUT2D eigenvalue weighted by molar-refractivity contribution is 5.74. The van der Waals surface area contributed by atoms with Gasteiger partial charge in [0, 0.05) is 24.8 Å². The third-order valence-corrected chi connectivity index (χ3v) is 3.71. The molecule has 0 bridgehead atoms. The maximum absolute atomic E-state index is 12.1. The van der Waals surface area contributed by atoms with E-state index in [1.54, 1.807) is 13.8 Å². The quantitative estimate of drug-likeness (QED) is 0.845. The average Bonchev–Trinajstić information content (AvgIpc) is 3.08. The highest BCUT2D eigenvalue weighted by Gasteiger charge is 2.17. The number of urea groups is 1. The van der Waals surface area contributed by atoms with Gasteiger partial charge in [0.05, 0.1) is 5.69 Å². The van der Waals surface area contributed by atoms with Gasteiger partial charge in [-0.15, -0.1) is 0 Å². The standard InChI is InChI=1S/C15H24N6O2/c1-6-12-11(13(7-2)21(5)19-12)8-16-15(22)17-9(3)14-18-10(4)20-23-14/h9H,6-8H2,1-5H3,(H2,16,17,22)/t9-/m1/s1. The second kappa shape index (κ2) is 7.26. The summed E-state index contributed by atoms with van der Waals surface area (Å²) in [4.78, 5) is 16.2. The highest BCUT2D eigenvalue weighted by atomic mass is 16.5. The van der Waals surface area contributed by atoms with Gasteiger partial charge in [0.15, 0.2) is 5.82 Å². The lowest BCUT2D eigenvalue weighted by Crippen LogP contribution is -2.37. The molecule has 0 aromatic carbocycles. The fourth-order valence-corrected chi connectivity index (χ4v) is 2.56. The van der Waals surface area contributed by atoms with E-state index < -0.39 is 0 Å². The molecule has 0 spiro atoms. The number of aromatic nitrogens is 4. The summed E-state index contributed by atoms with van der Waals surface area (Å²) in [7, 11) is 1.93. The van der Waals surface area contributed by atoms with Gasteiger partial charge < -0.3 is 15.2 Å². The fourth-order valence-electron chi connectivity index (χ4n) is 2.56. The van der Waals surface area contributed by atoms with Gasteiger partial charge in [-0.3, -0.25) is 4.68 Å². The lowest BCUT2D eigenvalue weighted by Gasteiger charge is -2.12. The Bertz CT molecular complexity index is 676. The normalized spacial score (nSPS) is 12.2. The van der Waals surface area contributed by atoms with Crippen molar-refractivity contribution in [2.45, 2.75) is 53.1 Å². The van der Waals surface area contributed by atoms with Gasteiger partial charge in [0.1, 0.15) is 6.04 Å². The number of amides is 2. The molecule has 0 fully saturated rings. The van der Waals surface area contributed by atoms with E-state index in [2.05, 4.69) is 39.7 Å². The van der Waals surface area contributed by atoms with E-state index in [-0.39, 0.29) is 12.1 Å². The van der Waals surface area contributed by atoms with Crippen LogP contribution in [0.1, 0.15) is 55.5 Å². The van der Waals surface area contributed by atoms with E-state index in [1.165, 1.54) is 0 Å². The number of rotatable bonds is 6. The predicted octanol–water partition coefficient (Wildman–Crippen LogP) is 1.80. The minimum absolute atomic E-state index is 0.277. The number of nitrogens with one attached hydrogen (secondary N) is 2. The minimum Gasteiger partial charge on any atom is -0.337 e. The van der Waals surface area contributed by atoms with E-state index in [1.807, 2.05) is 11.7 Å². The van der Waals surface area contributed by atoms with Gasteiger partial charge >= 0.3 is 6.03 Å². The first kappa shape index (κ1) is 17.0. The van der Waals surface area contributed by atoms with Crippen molar-refractivity contribution in [1.82, 2.24) is 30.6 Å². The van der Waals surface area contributed by atoms with Crippen molar-refractivity contribution >= 4 is 6.03 Å². The van der Waals surface area contributed by atoms with Gasteiger partial charge in [0.2, 0.25) is 5.89 Å². The van der Waals surface area contributed by atoms with Crippen molar-refractivity contribution in [2.24, 2.45) is 7.05 Å². The van der Waals surface area contributed by atoms with Crippen LogP contribution >= 0.6 is 0 Å². The first-order valence-corrected chi connectivity index (χ1v) is 7.84. The van der Waals surface area contributed by atoms with Crippen LogP contribution in [0.4, 0.5) is 4.79 Å². The maximum atomic E-state index is 12.1. The monoisotopic (exact) mass is 320 g/mol. The topological polar surface area (TPSA) is 97.9 Å². The molecule has 2 amide bonds. The summed E-state index contributed by atoms with van der Waals surface area (Å²) in [6, 6.07) is -0.622. The maximum Gasteiger partial charge on any atom is 0.315 e. The zero-order valence-corrected chi connectivity index (χ0v) is 14.3. The predicted molar refractivity (Wildman–Crippen MR) is 84.8 cm³/mol. The summed E-state index contributed by atoms with van der Waals surface area (Å²) in [5.74, 6) is 0.937. The van der Waals surface area contributed by atoms with Crippen LogP contribution in [-0.2, 0) is 26.4 Å². The molecule has 0 aliphatic carbocycles. The Morgan fingerprint density at radius 2 is 2.09 bits per heavy atom. The molecule has 2 rings (SSSR count). The van der Waals surface area contributed by atoms with E-state index in [0.29, 0.717) is 18.3 Å². The molecule has 2 aromatic heterocycles. The number of nitrogens with zero attached hydrogens (tertiary/aromatic N) is 4. The van der Waals surface area contributed by atoms with Crippen LogP contribution in [0, 0.1) is 6.92 Å². The van der Waals surface area contributed by atoms with Crippen molar-refractivity contribution in [1.29, 1.82) is 0 Å². The van der Waals surface area contributed by atoms with Gasteiger partial charge in [-0.1, -0.05) is 19.0 Å². The molecule has 2 aromatic rings. The Kier molecular flexibility index (Phi) is 5.36. The lowest BCUT2D eigenvalue weighted by atomic mass is 10.1. The summed E-state index contributed by atoms with van der Waals surface area (Å²) < 4.78 is 6.94. The van der Waals surface area contributed by atoms with Gasteiger partial charge in [-0.05, 0) is 26.7 Å². The molecule has 8 nitrogen and oxygen atoms in total. The SMILES string of the molecule is CCc1nn(C)c(CC)c1CNC(=O)N[C@H](C)c1nc(C)no1. The molecule has 1 atom stereocenters. The molecule has 0 radical (unpaired) electrons. The third-order valence-electron chi connectivity index (χ3n) is 3.71. The molecule has 0 aliphatic rings. The second-order valence-corrected chi connectivity index (χ2v) is 5.43. The molecule has 23 heavy (non-hydrogen) atoms. The van der Waals surface area contributed by atoms with Crippen LogP contribution in [0.25, 0.3) is 0 Å².